The highest BCUT2D eigenvalue weighted by molar-refractivity contribution is 7.92. The Morgan fingerprint density at radius 1 is 1.07 bits per heavy atom. The first-order chi connectivity index (χ1) is 13.7. The normalized spacial score (nSPS) is 14.5. The minimum atomic E-state index is -3.89. The van der Waals surface area contributed by atoms with Gasteiger partial charge in [-0.2, -0.15) is 5.10 Å². The van der Waals surface area contributed by atoms with Crippen LogP contribution in [0.15, 0.2) is 41.3 Å². The van der Waals surface area contributed by atoms with Crippen LogP contribution in [0.3, 0.4) is 0 Å². The van der Waals surface area contributed by atoms with Crippen LogP contribution in [0.2, 0.25) is 10.0 Å². The molecule has 0 saturated carbocycles. The van der Waals surface area contributed by atoms with Crippen molar-refractivity contribution < 1.29 is 13.2 Å². The molecule has 1 amide bonds. The number of carbonyl (C=O) groups excluding carboxylic acids is 1. The van der Waals surface area contributed by atoms with Crippen LogP contribution in [-0.2, 0) is 17.1 Å². The Morgan fingerprint density at radius 3 is 2.38 bits per heavy atom. The van der Waals surface area contributed by atoms with Crippen molar-refractivity contribution in [3.8, 4) is 0 Å². The Labute approximate surface area is 178 Å². The number of carbonyl (C=O) groups is 1. The number of sulfonamides is 1. The van der Waals surface area contributed by atoms with Crippen molar-refractivity contribution >= 4 is 55.7 Å². The summed E-state index contributed by atoms with van der Waals surface area (Å²) < 4.78 is 29.5. The van der Waals surface area contributed by atoms with Crippen molar-refractivity contribution in [2.75, 3.05) is 17.8 Å². The fraction of sp³-hybridized carbons (Fsp3) is 0.263. The van der Waals surface area contributed by atoms with Gasteiger partial charge in [0.2, 0.25) is 0 Å². The van der Waals surface area contributed by atoms with Gasteiger partial charge in [-0.05, 0) is 49.2 Å². The first-order valence-corrected chi connectivity index (χ1v) is 11.2. The van der Waals surface area contributed by atoms with Crippen molar-refractivity contribution in [1.29, 1.82) is 0 Å². The molecule has 152 valence electrons. The zero-order valence-electron chi connectivity index (χ0n) is 15.5. The van der Waals surface area contributed by atoms with E-state index in [1.54, 1.807) is 34.8 Å². The van der Waals surface area contributed by atoms with Gasteiger partial charge < -0.3 is 4.90 Å². The van der Waals surface area contributed by atoms with E-state index in [0.717, 1.165) is 25.9 Å². The fourth-order valence-electron chi connectivity index (χ4n) is 3.45. The first kappa shape index (κ1) is 20.0. The van der Waals surface area contributed by atoms with E-state index in [0.29, 0.717) is 22.3 Å². The Bertz CT molecular complexity index is 1200. The van der Waals surface area contributed by atoms with Crippen molar-refractivity contribution in [1.82, 2.24) is 14.7 Å². The number of nitrogens with one attached hydrogen (secondary N) is 1. The second-order valence-corrected chi connectivity index (χ2v) is 9.47. The summed E-state index contributed by atoms with van der Waals surface area (Å²) in [7, 11) is -2.17. The molecular formula is C19H18Cl2N4O3S. The molecule has 2 aromatic carbocycles. The molecule has 1 aromatic heterocycles. The summed E-state index contributed by atoms with van der Waals surface area (Å²) in [5.41, 5.74) is 1.37. The van der Waals surface area contributed by atoms with Gasteiger partial charge >= 0.3 is 0 Å². The van der Waals surface area contributed by atoms with Gasteiger partial charge in [0.1, 0.15) is 0 Å². The van der Waals surface area contributed by atoms with E-state index in [2.05, 4.69) is 9.82 Å². The third-order valence-corrected chi connectivity index (χ3v) is 6.64. The highest BCUT2D eigenvalue weighted by Crippen LogP contribution is 2.27. The third-order valence-electron chi connectivity index (χ3n) is 4.85. The van der Waals surface area contributed by atoms with E-state index in [4.69, 9.17) is 23.2 Å². The molecule has 0 aliphatic carbocycles. The van der Waals surface area contributed by atoms with E-state index < -0.39 is 10.0 Å². The van der Waals surface area contributed by atoms with Gasteiger partial charge in [0.15, 0.2) is 5.69 Å². The number of amides is 1. The van der Waals surface area contributed by atoms with Gasteiger partial charge in [-0.3, -0.25) is 14.2 Å². The van der Waals surface area contributed by atoms with Gasteiger partial charge in [0.05, 0.1) is 16.1 Å². The molecule has 2 heterocycles. The van der Waals surface area contributed by atoms with E-state index >= 15 is 0 Å². The molecule has 3 aromatic rings. The predicted octanol–water partition coefficient (Wildman–Crippen LogP) is 3.92. The van der Waals surface area contributed by atoms with E-state index in [9.17, 15) is 13.2 Å². The molecule has 7 nitrogen and oxygen atoms in total. The van der Waals surface area contributed by atoms with Gasteiger partial charge in [0.25, 0.3) is 15.9 Å². The molecule has 0 atom stereocenters. The fourth-order valence-corrected chi connectivity index (χ4v) is 5.22. The summed E-state index contributed by atoms with van der Waals surface area (Å²) in [6, 6.07) is 9.06. The van der Waals surface area contributed by atoms with Crippen LogP contribution in [0, 0.1) is 0 Å². The number of aromatic nitrogens is 2. The van der Waals surface area contributed by atoms with E-state index in [1.165, 1.54) is 18.2 Å². The lowest BCUT2D eigenvalue weighted by atomic mass is 10.2. The summed E-state index contributed by atoms with van der Waals surface area (Å²) in [5.74, 6) is -0.102. The molecule has 1 saturated heterocycles. The number of fused-ring (bicyclic) bond motifs is 1. The Hall–Kier alpha value is -2.29. The molecule has 29 heavy (non-hydrogen) atoms. The number of halogens is 2. The molecule has 4 rings (SSSR count). The highest BCUT2D eigenvalue weighted by atomic mass is 35.5. The smallest absolute Gasteiger partial charge is 0.274 e. The molecule has 0 unspecified atom stereocenters. The minimum absolute atomic E-state index is 0.0370. The number of hydrogen-bond donors (Lipinski definition) is 1. The summed E-state index contributed by atoms with van der Waals surface area (Å²) in [4.78, 5) is 14.5. The Morgan fingerprint density at radius 2 is 1.72 bits per heavy atom. The second-order valence-electron chi connectivity index (χ2n) is 6.91. The van der Waals surface area contributed by atoms with Crippen LogP contribution >= 0.6 is 23.2 Å². The number of anilines is 1. The van der Waals surface area contributed by atoms with Crippen LogP contribution in [-0.4, -0.2) is 42.1 Å². The Kier molecular flexibility index (Phi) is 5.18. The van der Waals surface area contributed by atoms with Crippen LogP contribution < -0.4 is 4.72 Å². The number of rotatable bonds is 4. The maximum Gasteiger partial charge on any atom is 0.274 e. The van der Waals surface area contributed by atoms with Crippen molar-refractivity contribution in [2.24, 2.45) is 7.05 Å². The number of likely N-dealkylation sites (tertiary alicyclic amines) is 1. The van der Waals surface area contributed by atoms with E-state index in [-0.39, 0.29) is 20.8 Å². The quantitative estimate of drug-likeness (QED) is 0.649. The molecule has 1 fully saturated rings. The van der Waals surface area contributed by atoms with Gasteiger partial charge in [0, 0.05) is 35.6 Å². The van der Waals surface area contributed by atoms with Gasteiger partial charge in [-0.15, -0.1) is 0 Å². The molecule has 1 N–H and O–H groups in total. The maximum absolute atomic E-state index is 12.8. The summed E-state index contributed by atoms with van der Waals surface area (Å²) in [6.45, 7) is 1.47. The largest absolute Gasteiger partial charge is 0.337 e. The minimum Gasteiger partial charge on any atom is -0.337 e. The van der Waals surface area contributed by atoms with Crippen LogP contribution in [0.1, 0.15) is 23.3 Å². The standard InChI is InChI=1S/C19H18Cl2N4O3S/c1-24-17-11-14(23-29(27,28)15-9-12(20)8-13(21)10-15)4-5-16(17)18(22-24)19(26)25-6-2-3-7-25/h4-5,8-11,23H,2-3,6-7H2,1H3. The van der Waals surface area contributed by atoms with Crippen LogP contribution in [0.5, 0.6) is 0 Å². The Balaban J connectivity index is 1.67. The van der Waals surface area contributed by atoms with Crippen LogP contribution in [0.25, 0.3) is 10.9 Å². The second kappa shape index (κ2) is 7.51. The number of aryl methyl sites for hydroxylation is 1. The lowest BCUT2D eigenvalue weighted by Gasteiger charge is -2.13. The molecule has 0 radical (unpaired) electrons. The lowest BCUT2D eigenvalue weighted by molar-refractivity contribution is 0.0788. The molecule has 0 bridgehead atoms. The molecule has 10 heteroatoms. The first-order valence-electron chi connectivity index (χ1n) is 8.99. The van der Waals surface area contributed by atoms with Gasteiger partial charge in [-0.25, -0.2) is 8.42 Å². The zero-order chi connectivity index (χ0) is 20.8. The average Bonchev–Trinajstić information content (AvgIpc) is 3.29. The van der Waals surface area contributed by atoms with Crippen molar-refractivity contribution in [2.45, 2.75) is 17.7 Å². The predicted molar refractivity (Wildman–Crippen MR) is 113 cm³/mol. The average molecular weight is 453 g/mol. The maximum atomic E-state index is 12.8. The lowest BCUT2D eigenvalue weighted by Crippen LogP contribution is -2.28. The number of benzene rings is 2. The summed E-state index contributed by atoms with van der Waals surface area (Å²) in [6.07, 6.45) is 1.99. The summed E-state index contributed by atoms with van der Waals surface area (Å²) in [5, 5.41) is 5.50. The highest BCUT2D eigenvalue weighted by Gasteiger charge is 2.25. The summed E-state index contributed by atoms with van der Waals surface area (Å²) >= 11 is 11.8. The third kappa shape index (κ3) is 3.92. The number of nitrogens with zero attached hydrogens (tertiary/aromatic N) is 3. The van der Waals surface area contributed by atoms with Crippen molar-refractivity contribution in [3.05, 3.63) is 52.1 Å². The molecule has 1 aliphatic rings. The number of hydrogen-bond acceptors (Lipinski definition) is 4. The SMILES string of the molecule is Cn1nc(C(=O)N2CCCC2)c2ccc(NS(=O)(=O)c3cc(Cl)cc(Cl)c3)cc21. The molecule has 0 spiro atoms. The van der Waals surface area contributed by atoms with Crippen molar-refractivity contribution in [3.63, 3.8) is 0 Å². The van der Waals surface area contributed by atoms with Gasteiger partial charge in [-0.1, -0.05) is 23.2 Å². The molecular weight excluding hydrogens is 435 g/mol. The monoisotopic (exact) mass is 452 g/mol. The topological polar surface area (TPSA) is 84.3 Å². The molecule has 1 aliphatic heterocycles. The van der Waals surface area contributed by atoms with Crippen LogP contribution in [0.4, 0.5) is 5.69 Å². The zero-order valence-corrected chi connectivity index (χ0v) is 17.9. The van der Waals surface area contributed by atoms with E-state index in [1.807, 2.05) is 0 Å².